The van der Waals surface area contributed by atoms with Crippen molar-refractivity contribution in [3.05, 3.63) is 57.4 Å². The predicted octanol–water partition coefficient (Wildman–Crippen LogP) is 2.22. The van der Waals surface area contributed by atoms with Gasteiger partial charge in [0.1, 0.15) is 0 Å². The highest BCUT2D eigenvalue weighted by Crippen LogP contribution is 2.16. The zero-order valence-corrected chi connectivity index (χ0v) is 12.3. The molecular weight excluding hydrogens is 322 g/mol. The number of anilines is 2. The zero-order valence-electron chi connectivity index (χ0n) is 10.7. The van der Waals surface area contributed by atoms with E-state index in [1.165, 1.54) is 4.57 Å². The first-order chi connectivity index (χ1) is 9.58. The number of nitrogens with one attached hydrogen (secondary N) is 1. The number of nitrogens with zero attached hydrogens (tertiary/aromatic N) is 1. The van der Waals surface area contributed by atoms with E-state index in [-0.39, 0.29) is 17.9 Å². The second-order valence-electron chi connectivity index (χ2n) is 4.24. The Morgan fingerprint density at radius 2 is 2.00 bits per heavy atom. The summed E-state index contributed by atoms with van der Waals surface area (Å²) in [6.07, 6.45) is 1.85. The molecule has 0 aliphatic carbocycles. The quantitative estimate of drug-likeness (QED) is 0.841. The molecule has 1 aromatic heterocycles. The Hall–Kier alpha value is -2.08. The van der Waals surface area contributed by atoms with E-state index in [1.807, 2.05) is 0 Å². The van der Waals surface area contributed by atoms with Crippen LogP contribution in [-0.2, 0) is 11.3 Å². The lowest BCUT2D eigenvalue weighted by Crippen LogP contribution is -2.23. The third-order valence-corrected chi connectivity index (χ3v) is 3.39. The number of aromatic nitrogens is 1. The first-order valence-corrected chi connectivity index (χ1v) is 6.86. The van der Waals surface area contributed by atoms with Gasteiger partial charge in [-0.15, -0.1) is 0 Å². The molecule has 104 valence electrons. The van der Waals surface area contributed by atoms with Crippen molar-refractivity contribution in [2.24, 2.45) is 0 Å². The number of halogens is 1. The number of hydrogen-bond donors (Lipinski definition) is 2. The number of para-hydroxylation sites is 2. The molecule has 2 rings (SSSR count). The monoisotopic (exact) mass is 335 g/mol. The maximum atomic E-state index is 11.8. The molecule has 0 radical (unpaired) electrons. The van der Waals surface area contributed by atoms with Crippen LogP contribution in [0.3, 0.4) is 0 Å². The summed E-state index contributed by atoms with van der Waals surface area (Å²) in [6.45, 7) is 0.316. The fourth-order valence-electron chi connectivity index (χ4n) is 1.73. The Balaban J connectivity index is 1.98. The summed E-state index contributed by atoms with van der Waals surface area (Å²) in [5.74, 6) is -0.185. The molecule has 0 atom stereocenters. The van der Waals surface area contributed by atoms with E-state index in [9.17, 15) is 9.59 Å². The summed E-state index contributed by atoms with van der Waals surface area (Å²) in [5.41, 5.74) is 6.69. The second kappa shape index (κ2) is 6.38. The molecule has 3 N–H and O–H groups in total. The van der Waals surface area contributed by atoms with Crippen LogP contribution in [0.4, 0.5) is 11.4 Å². The minimum atomic E-state index is -0.185. The van der Waals surface area contributed by atoms with Gasteiger partial charge >= 0.3 is 0 Å². The largest absolute Gasteiger partial charge is 0.397 e. The molecule has 0 saturated heterocycles. The lowest BCUT2D eigenvalue weighted by molar-refractivity contribution is -0.116. The molecule has 6 heteroatoms. The Morgan fingerprint density at radius 1 is 1.25 bits per heavy atom. The van der Waals surface area contributed by atoms with E-state index in [0.717, 1.165) is 0 Å². The molecule has 0 bridgehead atoms. The van der Waals surface area contributed by atoms with Gasteiger partial charge in [-0.05, 0) is 40.2 Å². The van der Waals surface area contributed by atoms with Gasteiger partial charge in [-0.25, -0.2) is 0 Å². The number of benzene rings is 1. The molecule has 20 heavy (non-hydrogen) atoms. The minimum absolute atomic E-state index is 0.153. The van der Waals surface area contributed by atoms with E-state index in [1.54, 1.807) is 42.6 Å². The Bertz CT molecular complexity index is 682. The summed E-state index contributed by atoms with van der Waals surface area (Å²) in [7, 11) is 0. The average Bonchev–Trinajstić information content (AvgIpc) is 2.43. The van der Waals surface area contributed by atoms with Crippen LogP contribution in [-0.4, -0.2) is 10.5 Å². The normalized spacial score (nSPS) is 10.2. The maximum Gasteiger partial charge on any atom is 0.264 e. The SMILES string of the molecule is Nc1ccccc1NC(=O)CCn1cccc(Br)c1=O. The molecule has 1 heterocycles. The van der Waals surface area contributed by atoms with Gasteiger partial charge in [0.25, 0.3) is 5.56 Å². The van der Waals surface area contributed by atoms with E-state index in [4.69, 9.17) is 5.73 Å². The summed E-state index contributed by atoms with van der Waals surface area (Å²) in [4.78, 5) is 23.6. The van der Waals surface area contributed by atoms with Crippen LogP contribution < -0.4 is 16.6 Å². The van der Waals surface area contributed by atoms with Crippen LogP contribution >= 0.6 is 15.9 Å². The van der Waals surface area contributed by atoms with Gasteiger partial charge in [0.15, 0.2) is 0 Å². The molecule has 0 saturated carbocycles. The third-order valence-electron chi connectivity index (χ3n) is 2.79. The summed E-state index contributed by atoms with van der Waals surface area (Å²) >= 11 is 3.17. The molecule has 5 nitrogen and oxygen atoms in total. The number of nitrogen functional groups attached to an aromatic ring is 1. The Morgan fingerprint density at radius 3 is 2.75 bits per heavy atom. The highest BCUT2D eigenvalue weighted by Gasteiger charge is 2.06. The van der Waals surface area contributed by atoms with E-state index >= 15 is 0 Å². The van der Waals surface area contributed by atoms with Gasteiger partial charge in [0.2, 0.25) is 5.91 Å². The number of pyridine rings is 1. The van der Waals surface area contributed by atoms with Crippen LogP contribution in [0, 0.1) is 0 Å². The molecule has 0 spiro atoms. The predicted molar refractivity (Wildman–Crippen MR) is 82.5 cm³/mol. The van der Waals surface area contributed by atoms with Crippen molar-refractivity contribution < 1.29 is 4.79 Å². The third kappa shape index (κ3) is 3.48. The molecular formula is C14H14BrN3O2. The van der Waals surface area contributed by atoms with E-state index in [2.05, 4.69) is 21.2 Å². The smallest absolute Gasteiger partial charge is 0.264 e. The fraction of sp³-hybridized carbons (Fsp3) is 0.143. The van der Waals surface area contributed by atoms with Crippen molar-refractivity contribution >= 4 is 33.2 Å². The van der Waals surface area contributed by atoms with Crippen molar-refractivity contribution in [3.8, 4) is 0 Å². The van der Waals surface area contributed by atoms with Crippen LogP contribution in [0.15, 0.2) is 51.9 Å². The highest BCUT2D eigenvalue weighted by atomic mass is 79.9. The maximum absolute atomic E-state index is 11.8. The first kappa shape index (κ1) is 14.3. The molecule has 0 aliphatic heterocycles. The van der Waals surface area contributed by atoms with Crippen LogP contribution in [0.1, 0.15) is 6.42 Å². The van der Waals surface area contributed by atoms with Crippen molar-refractivity contribution in [3.63, 3.8) is 0 Å². The second-order valence-corrected chi connectivity index (χ2v) is 5.09. The number of amides is 1. The zero-order chi connectivity index (χ0) is 14.5. The molecule has 0 unspecified atom stereocenters. The van der Waals surface area contributed by atoms with Gasteiger partial charge in [-0.3, -0.25) is 9.59 Å². The van der Waals surface area contributed by atoms with Gasteiger partial charge in [0.05, 0.1) is 15.8 Å². The van der Waals surface area contributed by atoms with Gasteiger partial charge in [0, 0.05) is 19.2 Å². The lowest BCUT2D eigenvalue weighted by Gasteiger charge is -2.09. The van der Waals surface area contributed by atoms with Gasteiger partial charge in [-0.1, -0.05) is 12.1 Å². The molecule has 1 aromatic carbocycles. The number of rotatable bonds is 4. The number of hydrogen-bond acceptors (Lipinski definition) is 3. The summed E-state index contributed by atoms with van der Waals surface area (Å²) < 4.78 is 1.96. The molecule has 1 amide bonds. The van der Waals surface area contributed by atoms with Crippen LogP contribution in [0.5, 0.6) is 0 Å². The number of carbonyl (C=O) groups excluding carboxylic acids is 1. The molecule has 2 aromatic rings. The van der Waals surface area contributed by atoms with Crippen molar-refractivity contribution in [1.29, 1.82) is 0 Å². The number of nitrogens with two attached hydrogens (primary N) is 1. The number of aryl methyl sites for hydroxylation is 1. The topological polar surface area (TPSA) is 77.1 Å². The number of carbonyl (C=O) groups is 1. The van der Waals surface area contributed by atoms with E-state index in [0.29, 0.717) is 22.4 Å². The van der Waals surface area contributed by atoms with Crippen molar-refractivity contribution in [2.75, 3.05) is 11.1 Å². The summed E-state index contributed by atoms with van der Waals surface area (Å²) in [5, 5.41) is 2.72. The van der Waals surface area contributed by atoms with Gasteiger partial charge in [-0.2, -0.15) is 0 Å². The minimum Gasteiger partial charge on any atom is -0.397 e. The average molecular weight is 336 g/mol. The molecule has 0 aliphatic rings. The van der Waals surface area contributed by atoms with E-state index < -0.39 is 0 Å². The van der Waals surface area contributed by atoms with Crippen LogP contribution in [0.25, 0.3) is 0 Å². The van der Waals surface area contributed by atoms with Crippen molar-refractivity contribution in [2.45, 2.75) is 13.0 Å². The van der Waals surface area contributed by atoms with Crippen LogP contribution in [0.2, 0.25) is 0 Å². The summed E-state index contributed by atoms with van der Waals surface area (Å²) in [6, 6.07) is 10.5. The standard InChI is InChI=1S/C14H14BrN3O2/c15-10-4-3-8-18(14(10)20)9-7-13(19)17-12-6-2-1-5-11(12)16/h1-6,8H,7,9,16H2,(H,17,19). The van der Waals surface area contributed by atoms with Crippen molar-refractivity contribution in [1.82, 2.24) is 4.57 Å². The lowest BCUT2D eigenvalue weighted by atomic mass is 10.2. The Kier molecular flexibility index (Phi) is 4.57. The Labute approximate surface area is 124 Å². The highest BCUT2D eigenvalue weighted by molar-refractivity contribution is 9.10. The van der Waals surface area contributed by atoms with Gasteiger partial charge < -0.3 is 15.6 Å². The first-order valence-electron chi connectivity index (χ1n) is 6.07. The molecule has 0 fully saturated rings. The fourth-order valence-corrected chi connectivity index (χ4v) is 2.11.